The molecule has 0 bridgehead atoms. The van der Waals surface area contributed by atoms with E-state index in [1.165, 1.54) is 0 Å². The quantitative estimate of drug-likeness (QED) is 0.479. The van der Waals surface area contributed by atoms with E-state index in [-0.39, 0.29) is 6.61 Å². The maximum absolute atomic E-state index is 9.09. The molecule has 0 unspecified atom stereocenters. The molecule has 0 aromatic heterocycles. The molecule has 0 radical (unpaired) electrons. The number of aliphatic hydroxyl groups excluding tert-OH is 1. The molecule has 0 amide bonds. The minimum atomic E-state index is 0.132. The van der Waals surface area contributed by atoms with Crippen LogP contribution in [0.15, 0.2) is 60.0 Å². The zero-order valence-corrected chi connectivity index (χ0v) is 13.9. The lowest BCUT2D eigenvalue weighted by atomic mass is 10.1. The Bertz CT molecular complexity index is 733. The first kappa shape index (κ1) is 17.6. The molecular formula is C20H23N3O. The second kappa shape index (κ2) is 9.39. The standard InChI is InChI=1S/C20H23N3O/c1-22-20(18-11-4-5-12-19(18)21)23-14-7-6-10-16-8-2-3-9-17(16)13-15-24/h2-5,8-9,11-12,21-24H,7,13-15H2,1H3/b20-18+,21-19?. The number of hydrogen-bond acceptors (Lipinski definition) is 4. The lowest BCUT2D eigenvalue weighted by Crippen LogP contribution is -2.27. The molecule has 4 heteroatoms. The average Bonchev–Trinajstić information content (AvgIpc) is 2.61. The molecule has 0 spiro atoms. The van der Waals surface area contributed by atoms with E-state index in [9.17, 15) is 0 Å². The topological polar surface area (TPSA) is 68.1 Å². The van der Waals surface area contributed by atoms with Gasteiger partial charge in [-0.05, 0) is 30.2 Å². The second-order valence-electron chi connectivity index (χ2n) is 5.28. The van der Waals surface area contributed by atoms with Gasteiger partial charge in [0.05, 0.1) is 5.71 Å². The van der Waals surface area contributed by atoms with Crippen molar-refractivity contribution in [3.05, 3.63) is 71.1 Å². The van der Waals surface area contributed by atoms with Gasteiger partial charge in [-0.3, -0.25) is 0 Å². The van der Waals surface area contributed by atoms with Crippen molar-refractivity contribution in [1.29, 1.82) is 5.41 Å². The Balaban J connectivity index is 1.94. The van der Waals surface area contributed by atoms with Crippen LogP contribution in [0, 0.1) is 17.3 Å². The highest BCUT2D eigenvalue weighted by atomic mass is 16.2. The molecule has 1 aliphatic rings. The maximum atomic E-state index is 9.09. The monoisotopic (exact) mass is 321 g/mol. The molecule has 0 saturated carbocycles. The van der Waals surface area contributed by atoms with Gasteiger partial charge in [-0.15, -0.1) is 0 Å². The average molecular weight is 321 g/mol. The van der Waals surface area contributed by atoms with Gasteiger partial charge in [-0.25, -0.2) is 0 Å². The van der Waals surface area contributed by atoms with Gasteiger partial charge in [-0.2, -0.15) is 0 Å². The van der Waals surface area contributed by atoms with Gasteiger partial charge in [0.2, 0.25) is 0 Å². The molecular weight excluding hydrogens is 298 g/mol. The zero-order chi connectivity index (χ0) is 17.2. The Hall–Kier alpha value is -2.77. The van der Waals surface area contributed by atoms with Gasteiger partial charge < -0.3 is 21.1 Å². The predicted octanol–water partition coefficient (Wildman–Crippen LogP) is 2.13. The first-order chi connectivity index (χ1) is 11.8. The van der Waals surface area contributed by atoms with Crippen LogP contribution < -0.4 is 10.6 Å². The molecule has 24 heavy (non-hydrogen) atoms. The second-order valence-corrected chi connectivity index (χ2v) is 5.28. The number of nitrogens with one attached hydrogen (secondary N) is 3. The molecule has 4 nitrogen and oxygen atoms in total. The highest BCUT2D eigenvalue weighted by molar-refractivity contribution is 6.09. The summed E-state index contributed by atoms with van der Waals surface area (Å²) in [6.45, 7) is 0.826. The fraction of sp³-hybridized carbons (Fsp3) is 0.250. The number of allylic oxidation sites excluding steroid dienone is 5. The normalized spacial score (nSPS) is 14.8. The third kappa shape index (κ3) is 4.87. The molecule has 4 N–H and O–H groups in total. The van der Waals surface area contributed by atoms with Crippen molar-refractivity contribution in [1.82, 2.24) is 10.6 Å². The van der Waals surface area contributed by atoms with Crippen molar-refractivity contribution >= 4 is 5.71 Å². The van der Waals surface area contributed by atoms with Crippen molar-refractivity contribution in [2.24, 2.45) is 0 Å². The van der Waals surface area contributed by atoms with E-state index in [0.717, 1.165) is 22.5 Å². The first-order valence-electron chi connectivity index (χ1n) is 8.03. The molecule has 1 aliphatic carbocycles. The Labute approximate surface area is 143 Å². The van der Waals surface area contributed by atoms with Crippen LogP contribution in [0.2, 0.25) is 0 Å². The summed E-state index contributed by atoms with van der Waals surface area (Å²) in [5, 5.41) is 23.4. The summed E-state index contributed by atoms with van der Waals surface area (Å²) in [6, 6.07) is 7.90. The van der Waals surface area contributed by atoms with Crippen molar-refractivity contribution in [2.45, 2.75) is 12.8 Å². The molecule has 0 fully saturated rings. The van der Waals surface area contributed by atoms with E-state index in [2.05, 4.69) is 22.5 Å². The fourth-order valence-electron chi connectivity index (χ4n) is 2.41. The Morgan fingerprint density at radius 2 is 2.00 bits per heavy atom. The number of rotatable bonds is 6. The summed E-state index contributed by atoms with van der Waals surface area (Å²) in [5.41, 5.74) is 3.38. The first-order valence-corrected chi connectivity index (χ1v) is 8.03. The van der Waals surface area contributed by atoms with Crippen LogP contribution in [0.4, 0.5) is 0 Å². The van der Waals surface area contributed by atoms with Crippen LogP contribution in [-0.2, 0) is 6.42 Å². The van der Waals surface area contributed by atoms with Gasteiger partial charge in [0.15, 0.2) is 0 Å². The fourth-order valence-corrected chi connectivity index (χ4v) is 2.41. The van der Waals surface area contributed by atoms with Gasteiger partial charge in [0, 0.05) is 37.8 Å². The van der Waals surface area contributed by atoms with Crippen LogP contribution in [0.1, 0.15) is 17.5 Å². The van der Waals surface area contributed by atoms with E-state index in [4.69, 9.17) is 10.5 Å². The van der Waals surface area contributed by atoms with Gasteiger partial charge in [-0.1, -0.05) is 42.2 Å². The minimum Gasteiger partial charge on any atom is -0.396 e. The molecule has 1 aromatic rings. The van der Waals surface area contributed by atoms with E-state index >= 15 is 0 Å². The summed E-state index contributed by atoms with van der Waals surface area (Å²) in [6.07, 6.45) is 8.78. The van der Waals surface area contributed by atoms with Crippen molar-refractivity contribution in [2.75, 3.05) is 20.2 Å². The maximum Gasteiger partial charge on any atom is 0.108 e. The van der Waals surface area contributed by atoms with Gasteiger partial charge in [0.25, 0.3) is 0 Å². The molecule has 0 atom stereocenters. The lowest BCUT2D eigenvalue weighted by Gasteiger charge is -2.14. The largest absolute Gasteiger partial charge is 0.396 e. The zero-order valence-electron chi connectivity index (χ0n) is 13.9. The van der Waals surface area contributed by atoms with Crippen LogP contribution in [-0.4, -0.2) is 31.0 Å². The highest BCUT2D eigenvalue weighted by Gasteiger charge is 2.07. The molecule has 0 saturated heterocycles. The van der Waals surface area contributed by atoms with E-state index in [0.29, 0.717) is 25.1 Å². The summed E-state index contributed by atoms with van der Waals surface area (Å²) in [5.74, 6) is 7.17. The number of benzene rings is 1. The van der Waals surface area contributed by atoms with E-state index in [1.807, 2.05) is 49.5 Å². The summed E-state index contributed by atoms with van der Waals surface area (Å²) in [4.78, 5) is 0. The highest BCUT2D eigenvalue weighted by Crippen LogP contribution is 2.09. The van der Waals surface area contributed by atoms with Crippen LogP contribution >= 0.6 is 0 Å². The molecule has 2 rings (SSSR count). The predicted molar refractivity (Wildman–Crippen MR) is 98.8 cm³/mol. The van der Waals surface area contributed by atoms with Crippen molar-refractivity contribution in [3.63, 3.8) is 0 Å². The minimum absolute atomic E-state index is 0.132. The number of hydrogen-bond donors (Lipinski definition) is 4. The Kier molecular flexibility index (Phi) is 6.88. The Morgan fingerprint density at radius 3 is 2.75 bits per heavy atom. The smallest absolute Gasteiger partial charge is 0.108 e. The lowest BCUT2D eigenvalue weighted by molar-refractivity contribution is 0.299. The van der Waals surface area contributed by atoms with E-state index in [1.54, 1.807) is 6.08 Å². The molecule has 124 valence electrons. The molecule has 1 aromatic carbocycles. The van der Waals surface area contributed by atoms with Gasteiger partial charge in [0.1, 0.15) is 5.82 Å². The molecule has 0 heterocycles. The van der Waals surface area contributed by atoms with E-state index < -0.39 is 0 Å². The third-order valence-electron chi connectivity index (χ3n) is 3.62. The van der Waals surface area contributed by atoms with Gasteiger partial charge >= 0.3 is 0 Å². The Morgan fingerprint density at radius 1 is 1.21 bits per heavy atom. The summed E-state index contributed by atoms with van der Waals surface area (Å²) >= 11 is 0. The van der Waals surface area contributed by atoms with Crippen LogP contribution in [0.25, 0.3) is 0 Å². The number of aliphatic hydroxyl groups is 1. The van der Waals surface area contributed by atoms with Crippen molar-refractivity contribution < 1.29 is 5.11 Å². The van der Waals surface area contributed by atoms with Crippen LogP contribution in [0.3, 0.4) is 0 Å². The summed E-state index contributed by atoms with van der Waals surface area (Å²) < 4.78 is 0. The SMILES string of the molecule is CN/C(NCCC#Cc1ccccc1CCO)=C1/C=CC=CC1=N. The molecule has 0 aliphatic heterocycles. The third-order valence-corrected chi connectivity index (χ3v) is 3.62. The van der Waals surface area contributed by atoms with Crippen molar-refractivity contribution in [3.8, 4) is 11.8 Å². The summed E-state index contributed by atoms with van der Waals surface area (Å²) in [7, 11) is 1.84. The van der Waals surface area contributed by atoms with Crippen LogP contribution in [0.5, 0.6) is 0 Å².